The molecule has 1 unspecified atom stereocenters. The number of carboxylic acids is 2. The van der Waals surface area contributed by atoms with Gasteiger partial charge in [0, 0.05) is 28.0 Å². The van der Waals surface area contributed by atoms with Crippen molar-refractivity contribution in [2.24, 2.45) is 0 Å². The van der Waals surface area contributed by atoms with Crippen LogP contribution in [0.1, 0.15) is 18.6 Å². The van der Waals surface area contributed by atoms with Crippen molar-refractivity contribution in [2.75, 3.05) is 6.61 Å². The summed E-state index contributed by atoms with van der Waals surface area (Å²) < 4.78 is 12.2. The van der Waals surface area contributed by atoms with E-state index in [0.29, 0.717) is 40.8 Å². The Kier molecular flexibility index (Phi) is 10.4. The molecule has 0 spiro atoms. The van der Waals surface area contributed by atoms with Crippen molar-refractivity contribution in [3.05, 3.63) is 52.5 Å². The van der Waals surface area contributed by atoms with E-state index in [1.54, 1.807) is 48.4 Å². The number of carbonyl (C=O) groups excluding carboxylic acids is 1. The van der Waals surface area contributed by atoms with Crippen LogP contribution in [-0.4, -0.2) is 43.6 Å². The molecule has 0 saturated carbocycles. The highest BCUT2D eigenvalue weighted by Crippen LogP contribution is 2.31. The molecule has 1 aromatic heterocycles. The highest BCUT2D eigenvalue weighted by molar-refractivity contribution is 8.09. The average molecular weight is 451 g/mol. The second-order valence-electron chi connectivity index (χ2n) is 4.88. The summed E-state index contributed by atoms with van der Waals surface area (Å²) in [6.07, 6.45) is 4.50. The largest absolute Gasteiger partial charge is 0.473 e. The van der Waals surface area contributed by atoms with Crippen molar-refractivity contribution in [1.29, 1.82) is 0 Å². The molecule has 9 nitrogen and oxygen atoms in total. The lowest BCUT2D eigenvalue weighted by atomic mass is 10.1. The zero-order valence-corrected chi connectivity index (χ0v) is 16.8. The molecule has 152 valence electrons. The molecule has 0 bridgehead atoms. The first kappa shape index (κ1) is 23.8. The maximum Gasteiger partial charge on any atom is 0.414 e. The van der Waals surface area contributed by atoms with E-state index in [0.717, 1.165) is 0 Å². The van der Waals surface area contributed by atoms with Gasteiger partial charge in [0.25, 0.3) is 0 Å². The van der Waals surface area contributed by atoms with Crippen molar-refractivity contribution in [1.82, 2.24) is 9.55 Å². The predicted molar refractivity (Wildman–Crippen MR) is 102 cm³/mol. The van der Waals surface area contributed by atoms with Gasteiger partial charge in [0.2, 0.25) is 0 Å². The Morgan fingerprint density at radius 1 is 1.25 bits per heavy atom. The number of benzene rings is 1. The lowest BCUT2D eigenvalue weighted by Gasteiger charge is -2.19. The molecule has 0 fully saturated rings. The van der Waals surface area contributed by atoms with E-state index in [2.05, 4.69) is 4.98 Å². The Hall–Kier alpha value is -2.27. The van der Waals surface area contributed by atoms with Crippen molar-refractivity contribution in [3.63, 3.8) is 0 Å². The number of hydrogen-bond acceptors (Lipinski definition) is 7. The number of ether oxygens (including phenoxy) is 1. The average Bonchev–Trinajstić information content (AvgIpc) is 3.13. The molecule has 0 saturated heterocycles. The minimum Gasteiger partial charge on any atom is -0.473 e. The van der Waals surface area contributed by atoms with E-state index in [1.165, 1.54) is 0 Å². The number of aliphatic carboxylic acids is 2. The highest BCUT2D eigenvalue weighted by atomic mass is 35.5. The molecule has 0 aliphatic carbocycles. The van der Waals surface area contributed by atoms with E-state index in [-0.39, 0.29) is 0 Å². The molecular weight excluding hydrogens is 435 g/mol. The first-order chi connectivity index (χ1) is 13.2. The predicted octanol–water partition coefficient (Wildman–Crippen LogP) is 3.91. The van der Waals surface area contributed by atoms with Gasteiger partial charge in [0.1, 0.15) is 18.1 Å². The van der Waals surface area contributed by atoms with Crippen LogP contribution >= 0.6 is 35.2 Å². The van der Waals surface area contributed by atoms with E-state index in [1.807, 2.05) is 0 Å². The van der Waals surface area contributed by atoms with Gasteiger partial charge in [-0.2, -0.15) is 0 Å². The van der Waals surface area contributed by atoms with Crippen LogP contribution in [0.4, 0.5) is 4.79 Å². The van der Waals surface area contributed by atoms with Gasteiger partial charge in [-0.05, 0) is 19.1 Å². The van der Waals surface area contributed by atoms with Crippen LogP contribution in [0, 0.1) is 0 Å². The quantitative estimate of drug-likeness (QED) is 0.382. The van der Waals surface area contributed by atoms with Crippen LogP contribution in [0.15, 0.2) is 36.9 Å². The second kappa shape index (κ2) is 12.2. The van der Waals surface area contributed by atoms with Crippen LogP contribution in [0.3, 0.4) is 0 Å². The minimum absolute atomic E-state index is 0.389. The smallest absolute Gasteiger partial charge is 0.414 e. The Balaban J connectivity index is 0.000000568. The SMILES string of the molecule is CCOSC(=O)OC(Cn1ccnc1)c1ccc(Cl)cc1Cl.O=C(O)C(=O)O. The lowest BCUT2D eigenvalue weighted by molar-refractivity contribution is -0.159. The fraction of sp³-hybridized carbons (Fsp3) is 0.250. The molecule has 1 heterocycles. The van der Waals surface area contributed by atoms with Gasteiger partial charge < -0.3 is 23.7 Å². The third kappa shape index (κ3) is 8.61. The maximum atomic E-state index is 11.8. The molecule has 1 aromatic carbocycles. The first-order valence-corrected chi connectivity index (χ1v) is 9.11. The van der Waals surface area contributed by atoms with E-state index < -0.39 is 23.3 Å². The fourth-order valence-corrected chi connectivity index (χ4v) is 2.69. The number of aromatic nitrogens is 2. The summed E-state index contributed by atoms with van der Waals surface area (Å²) in [5.41, 5.74) is 0.671. The number of rotatable bonds is 6. The number of nitrogens with zero attached hydrogens (tertiary/aromatic N) is 2. The second-order valence-corrected chi connectivity index (χ2v) is 6.46. The van der Waals surface area contributed by atoms with Gasteiger partial charge in [-0.25, -0.2) is 19.4 Å². The molecule has 0 aliphatic heterocycles. The molecule has 2 rings (SSSR count). The Bertz CT molecular complexity index is 790. The number of imidazole rings is 1. The molecule has 2 aromatic rings. The molecule has 1 atom stereocenters. The van der Waals surface area contributed by atoms with E-state index in [4.69, 9.17) is 51.9 Å². The summed E-state index contributed by atoms with van der Waals surface area (Å²) in [5.74, 6) is -3.65. The van der Waals surface area contributed by atoms with Gasteiger partial charge in [-0.15, -0.1) is 0 Å². The number of carboxylic acid groups (broad SMARTS) is 2. The molecule has 28 heavy (non-hydrogen) atoms. The monoisotopic (exact) mass is 450 g/mol. The van der Waals surface area contributed by atoms with Gasteiger partial charge in [0.05, 0.1) is 19.5 Å². The summed E-state index contributed by atoms with van der Waals surface area (Å²) in [7, 11) is 0. The van der Waals surface area contributed by atoms with Crippen LogP contribution in [0.2, 0.25) is 10.0 Å². The molecule has 0 radical (unpaired) electrons. The third-order valence-corrected chi connectivity index (χ3v) is 4.06. The fourth-order valence-electron chi connectivity index (χ4n) is 1.79. The van der Waals surface area contributed by atoms with Crippen LogP contribution in [-0.2, 0) is 25.1 Å². The summed E-state index contributed by atoms with van der Waals surface area (Å²) in [6, 6.07) is 5.06. The number of carbonyl (C=O) groups is 3. The van der Waals surface area contributed by atoms with Crippen LogP contribution in [0.5, 0.6) is 0 Å². The minimum atomic E-state index is -1.82. The van der Waals surface area contributed by atoms with Crippen LogP contribution < -0.4 is 0 Å². The van der Waals surface area contributed by atoms with Gasteiger partial charge in [-0.3, -0.25) is 0 Å². The summed E-state index contributed by atoms with van der Waals surface area (Å²) in [4.78, 5) is 34.0. The zero-order valence-electron chi connectivity index (χ0n) is 14.4. The zero-order chi connectivity index (χ0) is 21.1. The standard InChI is InChI=1S/C14H14Cl2N2O3S.C2H2O4/c1-2-20-22-14(19)21-13(8-18-6-5-17-9-18)11-4-3-10(15)7-12(11)16;3-1(4)2(5)6/h3-7,9,13H,2,8H2,1H3;(H,3,4)(H,5,6). The molecule has 0 amide bonds. The lowest BCUT2D eigenvalue weighted by Crippen LogP contribution is -2.14. The van der Waals surface area contributed by atoms with Gasteiger partial charge >= 0.3 is 17.2 Å². The van der Waals surface area contributed by atoms with Crippen LogP contribution in [0.25, 0.3) is 0 Å². The van der Waals surface area contributed by atoms with Crippen molar-refractivity contribution in [2.45, 2.75) is 19.6 Å². The number of halogens is 2. The summed E-state index contributed by atoms with van der Waals surface area (Å²) >= 11 is 12.8. The van der Waals surface area contributed by atoms with Gasteiger partial charge in [-0.1, -0.05) is 29.3 Å². The van der Waals surface area contributed by atoms with Crippen molar-refractivity contribution >= 4 is 52.5 Å². The topological polar surface area (TPSA) is 128 Å². The molecule has 2 N–H and O–H groups in total. The summed E-state index contributed by atoms with van der Waals surface area (Å²) in [6.45, 7) is 2.59. The highest BCUT2D eigenvalue weighted by Gasteiger charge is 2.21. The molecular formula is C16H16Cl2N2O7S. The van der Waals surface area contributed by atoms with Crippen molar-refractivity contribution < 1.29 is 33.5 Å². The Morgan fingerprint density at radius 2 is 1.93 bits per heavy atom. The Labute approximate surface area is 174 Å². The first-order valence-electron chi connectivity index (χ1n) is 7.61. The maximum absolute atomic E-state index is 11.8. The normalized spacial score (nSPS) is 11.1. The summed E-state index contributed by atoms with van der Waals surface area (Å²) in [5, 5.41) is 15.2. The molecule has 0 aliphatic rings. The third-order valence-electron chi connectivity index (χ3n) is 2.91. The van der Waals surface area contributed by atoms with Gasteiger partial charge in [0.15, 0.2) is 0 Å². The molecule has 12 heteroatoms. The van der Waals surface area contributed by atoms with E-state index in [9.17, 15) is 4.79 Å². The van der Waals surface area contributed by atoms with E-state index >= 15 is 0 Å². The number of hydrogen-bond donors (Lipinski definition) is 2. The van der Waals surface area contributed by atoms with Crippen molar-refractivity contribution in [3.8, 4) is 0 Å². The Morgan fingerprint density at radius 3 is 2.43 bits per heavy atom.